The van der Waals surface area contributed by atoms with Gasteiger partial charge >= 0.3 is 11.9 Å². The third-order valence-corrected chi connectivity index (χ3v) is 13.0. The van der Waals surface area contributed by atoms with Crippen LogP contribution in [0.3, 0.4) is 0 Å². The molecule has 3 aromatic rings. The van der Waals surface area contributed by atoms with Gasteiger partial charge in [-0.3, -0.25) is 0 Å². The molecule has 254 valence electrons. The SMILES string of the molecule is Cl.Cl.O=C(O)c1ccc(Oc2cc(Oc3ccc(C(=O)O)cc3)c(C34CC5CC(CC(C5)C3)C4)cc2C23CC4CC(CC(C4)C2)C3)cc1. The average molecular weight is 692 g/mol. The smallest absolute Gasteiger partial charge is 0.335 e. The van der Waals surface area contributed by atoms with Gasteiger partial charge in [0.15, 0.2) is 0 Å². The summed E-state index contributed by atoms with van der Waals surface area (Å²) >= 11 is 0. The third-order valence-electron chi connectivity index (χ3n) is 13.0. The fourth-order valence-corrected chi connectivity index (χ4v) is 12.0. The first-order valence-corrected chi connectivity index (χ1v) is 17.4. The van der Waals surface area contributed by atoms with Gasteiger partial charge in [-0.15, -0.1) is 24.8 Å². The van der Waals surface area contributed by atoms with Crippen molar-refractivity contribution in [3.8, 4) is 23.0 Å². The third kappa shape index (κ3) is 5.67. The molecule has 8 fully saturated rings. The normalized spacial score (nSPS) is 33.4. The second kappa shape index (κ2) is 12.3. The van der Waals surface area contributed by atoms with Crippen molar-refractivity contribution in [1.82, 2.24) is 0 Å². The first-order valence-electron chi connectivity index (χ1n) is 17.4. The number of ether oxygens (including phenoxy) is 2. The summed E-state index contributed by atoms with van der Waals surface area (Å²) in [6.07, 6.45) is 15.5. The zero-order valence-electron chi connectivity index (χ0n) is 27.1. The molecule has 8 aliphatic rings. The van der Waals surface area contributed by atoms with Crippen molar-refractivity contribution < 1.29 is 29.3 Å². The maximum Gasteiger partial charge on any atom is 0.335 e. The van der Waals surface area contributed by atoms with Gasteiger partial charge in [0.2, 0.25) is 0 Å². The van der Waals surface area contributed by atoms with E-state index in [0.29, 0.717) is 11.5 Å². The molecule has 48 heavy (non-hydrogen) atoms. The summed E-state index contributed by atoms with van der Waals surface area (Å²) in [7, 11) is 0. The molecule has 2 N–H and O–H groups in total. The van der Waals surface area contributed by atoms with Crippen LogP contribution in [0.15, 0.2) is 60.7 Å². The number of halogens is 2. The van der Waals surface area contributed by atoms with Gasteiger partial charge in [0, 0.05) is 17.2 Å². The second-order valence-corrected chi connectivity index (χ2v) is 16.1. The van der Waals surface area contributed by atoms with E-state index in [9.17, 15) is 19.8 Å². The van der Waals surface area contributed by atoms with E-state index in [0.717, 1.165) is 47.0 Å². The minimum Gasteiger partial charge on any atom is -0.478 e. The Morgan fingerprint density at radius 1 is 0.500 bits per heavy atom. The maximum atomic E-state index is 11.6. The second-order valence-electron chi connectivity index (χ2n) is 16.1. The molecule has 8 aliphatic carbocycles. The molecule has 3 aromatic carbocycles. The summed E-state index contributed by atoms with van der Waals surface area (Å²) in [6, 6.07) is 18.1. The highest BCUT2D eigenvalue weighted by Gasteiger charge is 2.55. The van der Waals surface area contributed by atoms with Gasteiger partial charge in [0.1, 0.15) is 23.0 Å². The molecule has 11 rings (SSSR count). The molecule has 0 amide bonds. The summed E-state index contributed by atoms with van der Waals surface area (Å²) in [5, 5.41) is 19.0. The van der Waals surface area contributed by atoms with Gasteiger partial charge in [-0.25, -0.2) is 9.59 Å². The Morgan fingerprint density at radius 2 is 0.792 bits per heavy atom. The van der Waals surface area contributed by atoms with Gasteiger partial charge in [-0.05, 0) is 178 Å². The predicted octanol–water partition coefficient (Wildman–Crippen LogP) is 10.4. The number of hydrogen-bond donors (Lipinski definition) is 2. The van der Waals surface area contributed by atoms with Crippen LogP contribution in [-0.4, -0.2) is 22.2 Å². The van der Waals surface area contributed by atoms with Crippen molar-refractivity contribution in [3.05, 3.63) is 82.9 Å². The van der Waals surface area contributed by atoms with E-state index in [1.54, 1.807) is 48.5 Å². The quantitative estimate of drug-likeness (QED) is 0.244. The lowest BCUT2D eigenvalue weighted by atomic mass is 9.46. The molecule has 0 unspecified atom stereocenters. The summed E-state index contributed by atoms with van der Waals surface area (Å²) < 4.78 is 13.6. The number of aromatic carboxylic acids is 2. The number of benzene rings is 3. The van der Waals surface area contributed by atoms with Crippen LogP contribution >= 0.6 is 24.8 Å². The fourth-order valence-electron chi connectivity index (χ4n) is 12.0. The summed E-state index contributed by atoms with van der Waals surface area (Å²) in [5.74, 6) is 5.64. The number of rotatable bonds is 8. The van der Waals surface area contributed by atoms with Gasteiger partial charge in [-0.2, -0.15) is 0 Å². The van der Waals surface area contributed by atoms with Crippen molar-refractivity contribution in [2.75, 3.05) is 0 Å². The van der Waals surface area contributed by atoms with Gasteiger partial charge in [-0.1, -0.05) is 0 Å². The van der Waals surface area contributed by atoms with Crippen LogP contribution in [-0.2, 0) is 10.8 Å². The molecule has 0 aliphatic heterocycles. The van der Waals surface area contributed by atoms with E-state index in [1.807, 2.05) is 0 Å². The molecule has 8 saturated carbocycles. The summed E-state index contributed by atoms with van der Waals surface area (Å²) in [5.41, 5.74) is 3.30. The van der Waals surface area contributed by atoms with Crippen molar-refractivity contribution in [3.63, 3.8) is 0 Å². The largest absolute Gasteiger partial charge is 0.478 e. The van der Waals surface area contributed by atoms with E-state index < -0.39 is 11.9 Å². The predicted molar refractivity (Wildman–Crippen MR) is 188 cm³/mol. The molecular formula is C40H44Cl2O6. The summed E-state index contributed by atoms with van der Waals surface area (Å²) in [6.45, 7) is 0. The topological polar surface area (TPSA) is 93.1 Å². The number of carboxylic acid groups (broad SMARTS) is 2. The van der Waals surface area contributed by atoms with Crippen LogP contribution in [0, 0.1) is 35.5 Å². The molecule has 0 radical (unpaired) electrons. The Balaban J connectivity index is 0.00000182. The average Bonchev–Trinajstić information content (AvgIpc) is 3.00. The van der Waals surface area contributed by atoms with Gasteiger partial charge in [0.05, 0.1) is 11.1 Å². The van der Waals surface area contributed by atoms with Crippen LogP contribution < -0.4 is 9.47 Å². The number of carboxylic acids is 2. The van der Waals surface area contributed by atoms with Crippen LogP contribution in [0.5, 0.6) is 23.0 Å². The molecule has 0 spiro atoms. The molecule has 0 atom stereocenters. The molecule has 8 bridgehead atoms. The van der Waals surface area contributed by atoms with Crippen molar-refractivity contribution in [1.29, 1.82) is 0 Å². The summed E-state index contributed by atoms with van der Waals surface area (Å²) in [4.78, 5) is 23.1. The van der Waals surface area contributed by atoms with Crippen LogP contribution in [0.25, 0.3) is 0 Å². The number of carbonyl (C=O) groups is 2. The molecular weight excluding hydrogens is 647 g/mol. The van der Waals surface area contributed by atoms with Gasteiger partial charge < -0.3 is 19.7 Å². The highest BCUT2D eigenvalue weighted by atomic mass is 35.5. The van der Waals surface area contributed by atoms with Crippen molar-refractivity contribution in [2.45, 2.75) is 87.9 Å². The molecule has 6 nitrogen and oxygen atoms in total. The van der Waals surface area contributed by atoms with Crippen LogP contribution in [0.1, 0.15) is 109 Å². The zero-order valence-corrected chi connectivity index (χ0v) is 28.7. The molecule has 0 heterocycles. The fraction of sp³-hybridized carbons (Fsp3) is 0.500. The van der Waals surface area contributed by atoms with E-state index >= 15 is 0 Å². The molecule has 8 heteroatoms. The maximum absolute atomic E-state index is 11.6. The standard InChI is InChI=1S/C40H42O6.2ClH/c41-37(42)29-1-5-31(6-2-29)45-35-16-36(46-32-7-3-30(4-8-32)38(43)44)34(40-20-26-12-27(21-40)14-28(13-26)22-40)15-33(35)39-17-23-9-24(18-39)11-25(10-23)19-39;;/h1-8,15-16,23-28H,9-14,17-22H2,(H,41,42)(H,43,44);2*1H. The minimum absolute atomic E-state index is 0. The Labute approximate surface area is 294 Å². The highest BCUT2D eigenvalue weighted by Crippen LogP contribution is 2.66. The van der Waals surface area contributed by atoms with Crippen molar-refractivity contribution >= 4 is 36.8 Å². The Hall–Kier alpha value is -3.22. The highest BCUT2D eigenvalue weighted by molar-refractivity contribution is 5.88. The Kier molecular flexibility index (Phi) is 8.51. The lowest BCUT2D eigenvalue weighted by molar-refractivity contribution is -0.00938. The van der Waals surface area contributed by atoms with E-state index in [-0.39, 0.29) is 46.8 Å². The molecule has 0 aromatic heterocycles. The zero-order chi connectivity index (χ0) is 31.2. The Morgan fingerprint density at radius 3 is 1.06 bits per heavy atom. The molecule has 0 saturated heterocycles. The van der Waals surface area contributed by atoms with Gasteiger partial charge in [0.25, 0.3) is 0 Å². The Bertz CT molecular complexity index is 1520. The first kappa shape index (κ1) is 33.3. The van der Waals surface area contributed by atoms with E-state index in [4.69, 9.17) is 9.47 Å². The lowest BCUT2D eigenvalue weighted by Gasteiger charge is -2.58. The van der Waals surface area contributed by atoms with Crippen molar-refractivity contribution in [2.24, 2.45) is 35.5 Å². The van der Waals surface area contributed by atoms with E-state index in [1.165, 1.54) is 88.2 Å². The van der Waals surface area contributed by atoms with Crippen LogP contribution in [0.4, 0.5) is 0 Å². The number of hydrogen-bond acceptors (Lipinski definition) is 4. The lowest BCUT2D eigenvalue weighted by Crippen LogP contribution is -2.50. The van der Waals surface area contributed by atoms with Crippen LogP contribution in [0.2, 0.25) is 0 Å². The monoisotopic (exact) mass is 690 g/mol. The van der Waals surface area contributed by atoms with E-state index in [2.05, 4.69) is 12.1 Å². The minimum atomic E-state index is -0.953. The first-order chi connectivity index (χ1) is 22.2.